The van der Waals surface area contributed by atoms with Gasteiger partial charge in [-0.3, -0.25) is 13.9 Å². The summed E-state index contributed by atoms with van der Waals surface area (Å²) in [4.78, 5) is 9.88. The van der Waals surface area contributed by atoms with Crippen molar-refractivity contribution in [1.82, 2.24) is 0 Å². The Morgan fingerprint density at radius 1 is 1.58 bits per heavy atom. The molecule has 0 aliphatic heterocycles. The minimum Gasteiger partial charge on any atom is -0.350 e. The van der Waals surface area contributed by atoms with E-state index in [1.807, 2.05) is 0 Å². The standard InChI is InChI=1S/C5H10O3.H2O3S/c1-3-8-5(4-6)7-2;1-4(2)3/h4-5H,3H2,1-2H3;(H2,1,2,3). The topological polar surface area (TPSA) is 93.1 Å². The van der Waals surface area contributed by atoms with Crippen LogP contribution in [0.3, 0.4) is 0 Å². The number of hydrogen-bond acceptors (Lipinski definition) is 4. The van der Waals surface area contributed by atoms with Crippen LogP contribution in [0.25, 0.3) is 0 Å². The Morgan fingerprint density at radius 3 is 2.08 bits per heavy atom. The molecule has 0 amide bonds. The molecule has 0 aromatic heterocycles. The molecule has 0 saturated carbocycles. The fraction of sp³-hybridized carbons (Fsp3) is 0.800. The number of carbonyl (C=O) groups is 1. The predicted octanol–water partition coefficient (Wildman–Crippen LogP) is -0.125. The monoisotopic (exact) mass is 200 g/mol. The maximum Gasteiger partial charge on any atom is 0.299 e. The maximum absolute atomic E-state index is 9.88. The van der Waals surface area contributed by atoms with Crippen LogP contribution >= 0.6 is 0 Å². The molecular weight excluding hydrogens is 188 g/mol. The van der Waals surface area contributed by atoms with Crippen molar-refractivity contribution in [3.63, 3.8) is 0 Å². The first-order chi connectivity index (χ1) is 5.58. The lowest BCUT2D eigenvalue weighted by Gasteiger charge is -2.05. The van der Waals surface area contributed by atoms with Gasteiger partial charge in [-0.25, -0.2) is 0 Å². The third-order valence-electron chi connectivity index (χ3n) is 0.674. The molecule has 0 aromatic carbocycles. The SMILES string of the molecule is CCOC(C=O)OC.O=S(O)O. The second-order valence-corrected chi connectivity index (χ2v) is 1.89. The molecule has 7 heteroatoms. The maximum atomic E-state index is 9.88. The number of carbonyl (C=O) groups excluding carboxylic acids is 1. The minimum atomic E-state index is -2.61. The average Bonchev–Trinajstić information content (AvgIpc) is 1.99. The van der Waals surface area contributed by atoms with Crippen molar-refractivity contribution in [2.45, 2.75) is 13.2 Å². The molecular formula is C5H12O6S. The first-order valence-electron chi connectivity index (χ1n) is 2.98. The highest BCUT2D eigenvalue weighted by molar-refractivity contribution is 7.73. The summed E-state index contributed by atoms with van der Waals surface area (Å²) >= 11 is -2.61. The molecule has 2 N–H and O–H groups in total. The van der Waals surface area contributed by atoms with E-state index in [4.69, 9.17) is 18.1 Å². The van der Waals surface area contributed by atoms with Crippen LogP contribution in [0.1, 0.15) is 6.92 Å². The molecule has 0 spiro atoms. The van der Waals surface area contributed by atoms with Crippen LogP contribution < -0.4 is 0 Å². The van der Waals surface area contributed by atoms with Gasteiger partial charge in [0.25, 0.3) is 11.4 Å². The van der Waals surface area contributed by atoms with Crippen molar-refractivity contribution in [1.29, 1.82) is 0 Å². The number of aldehydes is 1. The molecule has 12 heavy (non-hydrogen) atoms. The summed E-state index contributed by atoms with van der Waals surface area (Å²) in [7, 11) is 1.43. The lowest BCUT2D eigenvalue weighted by atomic mass is 10.7. The molecule has 0 rings (SSSR count). The molecule has 6 nitrogen and oxygen atoms in total. The van der Waals surface area contributed by atoms with E-state index in [1.165, 1.54) is 7.11 Å². The molecule has 0 heterocycles. The molecule has 0 bridgehead atoms. The summed E-state index contributed by atoms with van der Waals surface area (Å²) in [6, 6.07) is 0. The molecule has 1 unspecified atom stereocenters. The predicted molar refractivity (Wildman–Crippen MR) is 41.9 cm³/mol. The Balaban J connectivity index is 0. The Labute approximate surface area is 73.0 Å². The van der Waals surface area contributed by atoms with Gasteiger partial charge in [-0.1, -0.05) is 0 Å². The fourth-order valence-electron chi connectivity index (χ4n) is 0.327. The van der Waals surface area contributed by atoms with E-state index in [-0.39, 0.29) is 0 Å². The van der Waals surface area contributed by atoms with Gasteiger partial charge in [0.2, 0.25) is 6.29 Å². The zero-order chi connectivity index (χ0) is 9.98. The van der Waals surface area contributed by atoms with Crippen LogP contribution in [0.15, 0.2) is 0 Å². The van der Waals surface area contributed by atoms with Crippen LogP contribution in [-0.2, 0) is 25.6 Å². The summed E-state index contributed by atoms with van der Waals surface area (Å²) in [6.45, 7) is 2.30. The second kappa shape index (κ2) is 10.7. The van der Waals surface area contributed by atoms with Gasteiger partial charge in [-0.05, 0) is 6.92 Å². The van der Waals surface area contributed by atoms with E-state index in [0.717, 1.165) is 0 Å². The Hall–Kier alpha value is -0.340. The molecule has 0 saturated heterocycles. The van der Waals surface area contributed by atoms with Gasteiger partial charge in [-0.15, -0.1) is 0 Å². The van der Waals surface area contributed by atoms with Crippen molar-refractivity contribution < 1.29 is 27.6 Å². The Morgan fingerprint density at radius 2 is 2.00 bits per heavy atom. The van der Waals surface area contributed by atoms with Crippen LogP contribution in [0.2, 0.25) is 0 Å². The highest BCUT2D eigenvalue weighted by atomic mass is 32.2. The van der Waals surface area contributed by atoms with Gasteiger partial charge in [0, 0.05) is 13.7 Å². The van der Waals surface area contributed by atoms with Crippen molar-refractivity contribution in [3.05, 3.63) is 0 Å². The summed E-state index contributed by atoms with van der Waals surface area (Å²) in [5, 5.41) is 0. The van der Waals surface area contributed by atoms with Gasteiger partial charge < -0.3 is 9.47 Å². The summed E-state index contributed by atoms with van der Waals surface area (Å²) in [5.74, 6) is 0. The first-order valence-corrected chi connectivity index (χ1v) is 4.04. The van der Waals surface area contributed by atoms with Gasteiger partial charge in [-0.2, -0.15) is 4.21 Å². The van der Waals surface area contributed by atoms with E-state index >= 15 is 0 Å². The fourth-order valence-corrected chi connectivity index (χ4v) is 0.327. The number of hydrogen-bond donors (Lipinski definition) is 2. The Bertz CT molecular complexity index is 123. The minimum absolute atomic E-state index is 0.497. The van der Waals surface area contributed by atoms with Crippen molar-refractivity contribution >= 4 is 17.6 Å². The molecule has 0 aliphatic carbocycles. The van der Waals surface area contributed by atoms with Crippen LogP contribution in [-0.4, -0.2) is 39.6 Å². The van der Waals surface area contributed by atoms with Crippen molar-refractivity contribution in [2.24, 2.45) is 0 Å². The molecule has 74 valence electrons. The first kappa shape index (κ1) is 14.2. The van der Waals surface area contributed by atoms with E-state index in [9.17, 15) is 4.79 Å². The van der Waals surface area contributed by atoms with Crippen molar-refractivity contribution in [3.8, 4) is 0 Å². The van der Waals surface area contributed by atoms with E-state index < -0.39 is 17.7 Å². The number of ether oxygens (including phenoxy) is 2. The zero-order valence-electron chi connectivity index (χ0n) is 6.80. The molecule has 0 fully saturated rings. The lowest BCUT2D eigenvalue weighted by molar-refractivity contribution is -0.148. The summed E-state index contributed by atoms with van der Waals surface area (Å²) in [5.41, 5.74) is 0. The largest absolute Gasteiger partial charge is 0.350 e. The van der Waals surface area contributed by atoms with Gasteiger partial charge >= 0.3 is 0 Å². The zero-order valence-corrected chi connectivity index (χ0v) is 7.61. The average molecular weight is 200 g/mol. The smallest absolute Gasteiger partial charge is 0.299 e. The number of methoxy groups -OCH3 is 1. The molecule has 0 radical (unpaired) electrons. The van der Waals surface area contributed by atoms with Crippen LogP contribution in [0.4, 0.5) is 0 Å². The van der Waals surface area contributed by atoms with E-state index in [0.29, 0.717) is 12.9 Å². The second-order valence-electron chi connectivity index (χ2n) is 1.43. The van der Waals surface area contributed by atoms with Gasteiger partial charge in [0.05, 0.1) is 0 Å². The van der Waals surface area contributed by atoms with E-state index in [1.54, 1.807) is 6.92 Å². The number of rotatable bonds is 4. The highest BCUT2D eigenvalue weighted by Gasteiger charge is 2.00. The third kappa shape index (κ3) is 16.3. The van der Waals surface area contributed by atoms with Crippen LogP contribution in [0, 0.1) is 0 Å². The third-order valence-corrected chi connectivity index (χ3v) is 0.674. The molecule has 0 aliphatic rings. The lowest BCUT2D eigenvalue weighted by Crippen LogP contribution is -2.15. The normalized spacial score (nSPS) is 11.8. The summed E-state index contributed by atoms with van der Waals surface area (Å²) < 4.78 is 32.1. The molecule has 0 aromatic rings. The highest BCUT2D eigenvalue weighted by Crippen LogP contribution is 1.85. The van der Waals surface area contributed by atoms with Crippen molar-refractivity contribution in [2.75, 3.05) is 13.7 Å². The van der Waals surface area contributed by atoms with Gasteiger partial charge in [0.15, 0.2) is 6.29 Å². The Kier molecular flexibility index (Phi) is 12.6. The summed E-state index contributed by atoms with van der Waals surface area (Å²) in [6.07, 6.45) is -0.0660. The molecule has 1 atom stereocenters. The van der Waals surface area contributed by atoms with E-state index in [2.05, 4.69) is 4.74 Å². The van der Waals surface area contributed by atoms with Gasteiger partial charge in [0.1, 0.15) is 0 Å². The van der Waals surface area contributed by atoms with Crippen LogP contribution in [0.5, 0.6) is 0 Å². The quantitative estimate of drug-likeness (QED) is 0.373.